The number of carbonyl (C=O) groups excluding carboxylic acids is 3. The Morgan fingerprint density at radius 2 is 1.39 bits per heavy atom. The van der Waals surface area contributed by atoms with Crippen molar-refractivity contribution in [2.45, 2.75) is 0 Å². The van der Waals surface area contributed by atoms with Crippen molar-refractivity contribution >= 4 is 46.4 Å². The fraction of sp³-hybridized carbons (Fsp3) is 0.148. The quantitative estimate of drug-likeness (QED) is 0.386. The van der Waals surface area contributed by atoms with E-state index in [2.05, 4.69) is 10.6 Å². The maximum absolute atomic E-state index is 13.2. The molecule has 4 rings (SSSR count). The summed E-state index contributed by atoms with van der Waals surface area (Å²) in [7, 11) is 5.93. The molecule has 1 heterocycles. The van der Waals surface area contributed by atoms with Crippen LogP contribution in [0.1, 0.15) is 10.4 Å². The highest BCUT2D eigenvalue weighted by Gasteiger charge is 2.40. The molecule has 0 unspecified atom stereocenters. The molecule has 0 fully saturated rings. The van der Waals surface area contributed by atoms with E-state index in [4.69, 9.17) is 30.5 Å². The molecule has 0 saturated carbocycles. The number of hydrogen-bond donors (Lipinski definition) is 2. The molecule has 0 aromatic heterocycles. The lowest BCUT2D eigenvalue weighted by Crippen LogP contribution is -2.32. The molecule has 0 saturated heterocycles. The van der Waals surface area contributed by atoms with E-state index in [9.17, 15) is 14.4 Å². The molecule has 196 valence electrons. The normalized spacial score (nSPS) is 12.9. The van der Waals surface area contributed by atoms with E-state index in [1.807, 2.05) is 0 Å². The zero-order valence-electron chi connectivity index (χ0n) is 21.0. The van der Waals surface area contributed by atoms with Gasteiger partial charge in [0.2, 0.25) is 0 Å². The summed E-state index contributed by atoms with van der Waals surface area (Å²) in [5.74, 6) is 0.0479. The molecule has 1 aliphatic rings. The first kappa shape index (κ1) is 26.4. The standard InChI is InChI=1S/C27H24ClN3O7/c1-35-17-10-12-21(37-3)19(13-17)30-25(32)15-5-7-16(8-6-15)29-24-23(28)26(33)31(27(24)34)20-11-9-18(36-2)14-22(20)38-4/h5-14,29H,1-4H3,(H,30,32). The van der Waals surface area contributed by atoms with Crippen molar-refractivity contribution in [3.63, 3.8) is 0 Å². The number of nitrogens with zero attached hydrogens (tertiary/aromatic N) is 1. The number of nitrogens with one attached hydrogen (secondary N) is 2. The minimum Gasteiger partial charge on any atom is -0.497 e. The molecule has 3 aromatic rings. The van der Waals surface area contributed by atoms with Crippen LogP contribution in [0.3, 0.4) is 0 Å². The van der Waals surface area contributed by atoms with Crippen LogP contribution in [0, 0.1) is 0 Å². The van der Waals surface area contributed by atoms with Crippen LogP contribution in [0.5, 0.6) is 23.0 Å². The number of benzene rings is 3. The lowest BCUT2D eigenvalue weighted by Gasteiger charge is -2.18. The van der Waals surface area contributed by atoms with Gasteiger partial charge in [-0.1, -0.05) is 11.6 Å². The minimum absolute atomic E-state index is 0.104. The number of ether oxygens (including phenoxy) is 4. The molecule has 3 amide bonds. The highest BCUT2D eigenvalue weighted by Crippen LogP contribution is 2.37. The van der Waals surface area contributed by atoms with Crippen molar-refractivity contribution in [1.82, 2.24) is 0 Å². The first-order valence-corrected chi connectivity index (χ1v) is 11.6. The fourth-order valence-corrected chi connectivity index (χ4v) is 3.97. The summed E-state index contributed by atoms with van der Waals surface area (Å²) in [6, 6.07) is 16.0. The maximum Gasteiger partial charge on any atom is 0.283 e. The van der Waals surface area contributed by atoms with Gasteiger partial charge in [-0.15, -0.1) is 0 Å². The average molecular weight is 538 g/mol. The molecule has 0 bridgehead atoms. The highest BCUT2D eigenvalue weighted by atomic mass is 35.5. The topological polar surface area (TPSA) is 115 Å². The van der Waals surface area contributed by atoms with E-state index in [-0.39, 0.29) is 28.1 Å². The molecule has 10 nitrogen and oxygen atoms in total. The molecule has 1 aliphatic heterocycles. The van der Waals surface area contributed by atoms with E-state index >= 15 is 0 Å². The predicted molar refractivity (Wildman–Crippen MR) is 142 cm³/mol. The molecule has 2 N–H and O–H groups in total. The van der Waals surface area contributed by atoms with E-state index in [0.29, 0.717) is 34.2 Å². The van der Waals surface area contributed by atoms with Gasteiger partial charge in [-0.05, 0) is 48.5 Å². The van der Waals surface area contributed by atoms with Gasteiger partial charge in [0.1, 0.15) is 33.7 Å². The third kappa shape index (κ3) is 5.07. The zero-order chi connectivity index (χ0) is 27.4. The summed E-state index contributed by atoms with van der Waals surface area (Å²) in [5.41, 5.74) is 1.35. The molecular weight excluding hydrogens is 514 g/mol. The Balaban J connectivity index is 1.51. The molecule has 0 spiro atoms. The Hall–Kier alpha value is -4.70. The predicted octanol–water partition coefficient (Wildman–Crippen LogP) is 4.41. The lowest BCUT2D eigenvalue weighted by molar-refractivity contribution is -0.120. The summed E-state index contributed by atoms with van der Waals surface area (Å²) >= 11 is 6.25. The van der Waals surface area contributed by atoms with Gasteiger partial charge in [-0.3, -0.25) is 14.4 Å². The van der Waals surface area contributed by atoms with Crippen molar-refractivity contribution in [2.75, 3.05) is 44.0 Å². The van der Waals surface area contributed by atoms with Gasteiger partial charge in [0.05, 0.1) is 39.8 Å². The third-order valence-corrected chi connectivity index (χ3v) is 6.08. The summed E-state index contributed by atoms with van der Waals surface area (Å²) in [5, 5.41) is 5.39. The molecular formula is C27H24ClN3O7. The van der Waals surface area contributed by atoms with Crippen LogP contribution in [-0.4, -0.2) is 46.2 Å². The van der Waals surface area contributed by atoms with Gasteiger partial charge in [0.15, 0.2) is 0 Å². The SMILES string of the molecule is COc1ccc(OC)c(NC(=O)c2ccc(NC3=C(Cl)C(=O)N(c4ccc(OC)cc4OC)C3=O)cc2)c1. The lowest BCUT2D eigenvalue weighted by atomic mass is 10.1. The van der Waals surface area contributed by atoms with Crippen molar-refractivity contribution < 1.29 is 33.3 Å². The number of hydrogen-bond acceptors (Lipinski definition) is 8. The van der Waals surface area contributed by atoms with E-state index in [0.717, 1.165) is 4.90 Å². The van der Waals surface area contributed by atoms with E-state index in [1.54, 1.807) is 54.6 Å². The Morgan fingerprint density at radius 3 is 2.03 bits per heavy atom. The number of anilines is 3. The molecule has 0 atom stereocenters. The second-order valence-corrected chi connectivity index (χ2v) is 8.27. The van der Waals surface area contributed by atoms with Crippen LogP contribution < -0.4 is 34.5 Å². The van der Waals surface area contributed by atoms with Gasteiger partial charge in [-0.2, -0.15) is 0 Å². The van der Waals surface area contributed by atoms with Crippen LogP contribution in [-0.2, 0) is 9.59 Å². The number of imide groups is 1. The summed E-state index contributed by atoms with van der Waals surface area (Å²) in [6.07, 6.45) is 0. The van der Waals surface area contributed by atoms with Crippen LogP contribution in [0.25, 0.3) is 0 Å². The number of methoxy groups -OCH3 is 4. The van der Waals surface area contributed by atoms with Gasteiger partial charge in [0, 0.05) is 23.4 Å². The number of amides is 3. The van der Waals surface area contributed by atoms with Crippen LogP contribution in [0.4, 0.5) is 17.1 Å². The van der Waals surface area contributed by atoms with Gasteiger partial charge < -0.3 is 29.6 Å². The zero-order valence-corrected chi connectivity index (χ0v) is 21.7. The third-order valence-electron chi connectivity index (χ3n) is 5.73. The van der Waals surface area contributed by atoms with Crippen LogP contribution >= 0.6 is 11.6 Å². The Labute approximate surface area is 223 Å². The number of carbonyl (C=O) groups is 3. The molecule has 0 radical (unpaired) electrons. The Kier molecular flexibility index (Phi) is 7.73. The monoisotopic (exact) mass is 537 g/mol. The maximum atomic E-state index is 13.2. The van der Waals surface area contributed by atoms with Crippen LogP contribution in [0.15, 0.2) is 71.4 Å². The smallest absolute Gasteiger partial charge is 0.283 e. The number of rotatable bonds is 9. The second kappa shape index (κ2) is 11.1. The fourth-order valence-electron chi connectivity index (χ4n) is 3.76. The van der Waals surface area contributed by atoms with Crippen molar-refractivity contribution in [3.8, 4) is 23.0 Å². The number of halogens is 1. The first-order valence-electron chi connectivity index (χ1n) is 11.2. The minimum atomic E-state index is -0.703. The van der Waals surface area contributed by atoms with E-state index in [1.165, 1.54) is 34.5 Å². The van der Waals surface area contributed by atoms with Gasteiger partial charge >= 0.3 is 0 Å². The summed E-state index contributed by atoms with van der Waals surface area (Å²) in [6.45, 7) is 0. The van der Waals surface area contributed by atoms with Crippen molar-refractivity contribution in [2.24, 2.45) is 0 Å². The average Bonchev–Trinajstić information content (AvgIpc) is 3.15. The summed E-state index contributed by atoms with van der Waals surface area (Å²) < 4.78 is 21.0. The van der Waals surface area contributed by atoms with Gasteiger partial charge in [-0.25, -0.2) is 4.90 Å². The highest BCUT2D eigenvalue weighted by molar-refractivity contribution is 6.53. The molecule has 3 aromatic carbocycles. The van der Waals surface area contributed by atoms with Crippen molar-refractivity contribution in [3.05, 3.63) is 77.0 Å². The van der Waals surface area contributed by atoms with Crippen molar-refractivity contribution in [1.29, 1.82) is 0 Å². The molecule has 11 heteroatoms. The Morgan fingerprint density at radius 1 is 0.763 bits per heavy atom. The Bertz CT molecular complexity index is 1440. The second-order valence-electron chi connectivity index (χ2n) is 7.90. The first-order chi connectivity index (χ1) is 18.3. The largest absolute Gasteiger partial charge is 0.497 e. The van der Waals surface area contributed by atoms with Crippen LogP contribution in [0.2, 0.25) is 0 Å². The molecule has 0 aliphatic carbocycles. The van der Waals surface area contributed by atoms with Gasteiger partial charge in [0.25, 0.3) is 17.7 Å². The van der Waals surface area contributed by atoms with E-state index < -0.39 is 11.8 Å². The summed E-state index contributed by atoms with van der Waals surface area (Å²) in [4.78, 5) is 39.8. The molecule has 38 heavy (non-hydrogen) atoms.